The first-order valence-electron chi connectivity index (χ1n) is 7.47. The zero-order chi connectivity index (χ0) is 18.0. The molecule has 128 valence electrons. The Labute approximate surface area is 142 Å². The van der Waals surface area contributed by atoms with Crippen molar-refractivity contribution in [1.82, 2.24) is 9.88 Å². The first-order valence-corrected chi connectivity index (χ1v) is 7.47. The van der Waals surface area contributed by atoms with E-state index in [4.69, 9.17) is 4.74 Å². The standard InChI is InChI=1S/C17H14FN3O4/c1-10(11-4-6-12(18)7-5-11)21-16(23)14(25-17(21)24)15(22)20-13-3-2-8-19-9-13/h2-10,14H,1H3,(H,20,22). The van der Waals surface area contributed by atoms with Gasteiger partial charge in [-0.25, -0.2) is 14.1 Å². The number of amides is 3. The molecule has 1 N–H and O–H groups in total. The summed E-state index contributed by atoms with van der Waals surface area (Å²) in [6, 6.07) is 7.88. The minimum absolute atomic E-state index is 0.376. The smallest absolute Gasteiger partial charge is 0.418 e. The van der Waals surface area contributed by atoms with Crippen molar-refractivity contribution in [2.24, 2.45) is 0 Å². The van der Waals surface area contributed by atoms with E-state index in [2.05, 4.69) is 10.3 Å². The fourth-order valence-electron chi connectivity index (χ4n) is 2.47. The predicted octanol–water partition coefficient (Wildman–Crippen LogP) is 2.27. The minimum atomic E-state index is -1.57. The van der Waals surface area contributed by atoms with E-state index in [0.717, 1.165) is 4.90 Å². The number of carbonyl (C=O) groups is 3. The number of nitrogens with zero attached hydrogens (tertiary/aromatic N) is 2. The van der Waals surface area contributed by atoms with Gasteiger partial charge in [-0.05, 0) is 36.8 Å². The Morgan fingerprint density at radius 2 is 2.00 bits per heavy atom. The highest BCUT2D eigenvalue weighted by Gasteiger charge is 2.47. The van der Waals surface area contributed by atoms with Gasteiger partial charge >= 0.3 is 6.09 Å². The van der Waals surface area contributed by atoms with Gasteiger partial charge in [0.1, 0.15) is 5.82 Å². The molecular weight excluding hydrogens is 329 g/mol. The number of benzene rings is 1. The van der Waals surface area contributed by atoms with Crippen LogP contribution in [0.3, 0.4) is 0 Å². The summed E-state index contributed by atoms with van der Waals surface area (Å²) in [5.41, 5.74) is 0.918. The Balaban J connectivity index is 1.75. The third-order valence-corrected chi connectivity index (χ3v) is 3.78. The number of imide groups is 1. The maximum atomic E-state index is 13.0. The van der Waals surface area contributed by atoms with Crippen LogP contribution in [0.15, 0.2) is 48.8 Å². The van der Waals surface area contributed by atoms with Gasteiger partial charge in [0.25, 0.3) is 17.9 Å². The van der Waals surface area contributed by atoms with Crippen LogP contribution in [0.2, 0.25) is 0 Å². The molecular formula is C17H14FN3O4. The SMILES string of the molecule is CC(c1ccc(F)cc1)N1C(=O)OC(C(=O)Nc2cccnc2)C1=O. The molecule has 0 aliphatic carbocycles. The van der Waals surface area contributed by atoms with Gasteiger partial charge in [-0.2, -0.15) is 0 Å². The van der Waals surface area contributed by atoms with E-state index in [1.807, 2.05) is 0 Å². The Hall–Kier alpha value is -3.29. The van der Waals surface area contributed by atoms with Crippen molar-refractivity contribution in [3.63, 3.8) is 0 Å². The molecule has 0 spiro atoms. The van der Waals surface area contributed by atoms with Gasteiger partial charge in [-0.15, -0.1) is 0 Å². The Morgan fingerprint density at radius 3 is 2.64 bits per heavy atom. The van der Waals surface area contributed by atoms with E-state index in [-0.39, 0.29) is 0 Å². The number of rotatable bonds is 4. The molecule has 1 fully saturated rings. The molecule has 2 aromatic rings. The van der Waals surface area contributed by atoms with Crippen LogP contribution in [-0.2, 0) is 14.3 Å². The number of anilines is 1. The molecule has 8 heteroatoms. The van der Waals surface area contributed by atoms with E-state index in [9.17, 15) is 18.8 Å². The number of halogens is 1. The lowest BCUT2D eigenvalue weighted by atomic mass is 10.1. The van der Waals surface area contributed by atoms with E-state index < -0.39 is 35.9 Å². The summed E-state index contributed by atoms with van der Waals surface area (Å²) in [6.07, 6.45) is 0.435. The summed E-state index contributed by atoms with van der Waals surface area (Å²) >= 11 is 0. The second-order valence-electron chi connectivity index (χ2n) is 5.43. The van der Waals surface area contributed by atoms with Crippen LogP contribution < -0.4 is 5.32 Å². The van der Waals surface area contributed by atoms with E-state index >= 15 is 0 Å². The fourth-order valence-corrected chi connectivity index (χ4v) is 2.47. The predicted molar refractivity (Wildman–Crippen MR) is 84.8 cm³/mol. The molecule has 2 unspecified atom stereocenters. The minimum Gasteiger partial charge on any atom is -0.425 e. The van der Waals surface area contributed by atoms with Crippen molar-refractivity contribution in [3.8, 4) is 0 Å². The molecule has 0 bridgehead atoms. The third-order valence-electron chi connectivity index (χ3n) is 3.78. The normalized spacial score (nSPS) is 18.0. The van der Waals surface area contributed by atoms with Crippen molar-refractivity contribution >= 4 is 23.6 Å². The van der Waals surface area contributed by atoms with Crippen LogP contribution in [0, 0.1) is 5.82 Å². The Morgan fingerprint density at radius 1 is 1.28 bits per heavy atom. The van der Waals surface area contributed by atoms with Crippen LogP contribution in [0.5, 0.6) is 0 Å². The lowest BCUT2D eigenvalue weighted by Crippen LogP contribution is -2.38. The number of nitrogens with one attached hydrogen (secondary N) is 1. The third kappa shape index (κ3) is 3.32. The van der Waals surface area contributed by atoms with E-state index in [1.54, 1.807) is 19.1 Å². The van der Waals surface area contributed by atoms with Crippen molar-refractivity contribution in [3.05, 3.63) is 60.2 Å². The molecule has 25 heavy (non-hydrogen) atoms. The lowest BCUT2D eigenvalue weighted by Gasteiger charge is -2.20. The maximum Gasteiger partial charge on any atom is 0.418 e. The number of cyclic esters (lactones) is 1. The van der Waals surface area contributed by atoms with Crippen molar-refractivity contribution in [2.75, 3.05) is 5.32 Å². The van der Waals surface area contributed by atoms with Crippen LogP contribution in [0.4, 0.5) is 14.9 Å². The van der Waals surface area contributed by atoms with Crippen molar-refractivity contribution in [1.29, 1.82) is 0 Å². The van der Waals surface area contributed by atoms with E-state index in [1.165, 1.54) is 36.7 Å². The van der Waals surface area contributed by atoms with Gasteiger partial charge in [0.05, 0.1) is 17.9 Å². The molecule has 3 rings (SSSR count). The summed E-state index contributed by atoms with van der Waals surface area (Å²) in [6.45, 7) is 1.59. The van der Waals surface area contributed by atoms with Gasteiger partial charge in [0, 0.05) is 6.20 Å². The molecule has 3 amide bonds. The quantitative estimate of drug-likeness (QED) is 0.860. The lowest BCUT2D eigenvalue weighted by molar-refractivity contribution is -0.137. The number of ether oxygens (including phenoxy) is 1. The van der Waals surface area contributed by atoms with E-state index in [0.29, 0.717) is 11.3 Å². The maximum absolute atomic E-state index is 13.0. The molecule has 2 heterocycles. The Bertz CT molecular complexity index is 810. The summed E-state index contributed by atoms with van der Waals surface area (Å²) in [5.74, 6) is -1.97. The van der Waals surface area contributed by atoms with Crippen LogP contribution in [0.25, 0.3) is 0 Å². The molecule has 1 aromatic carbocycles. The average molecular weight is 343 g/mol. The highest BCUT2D eigenvalue weighted by atomic mass is 19.1. The summed E-state index contributed by atoms with van der Waals surface area (Å²) in [4.78, 5) is 41.4. The van der Waals surface area contributed by atoms with Crippen LogP contribution in [0.1, 0.15) is 18.5 Å². The second kappa shape index (κ2) is 6.68. The highest BCUT2D eigenvalue weighted by molar-refractivity contribution is 6.16. The van der Waals surface area contributed by atoms with Crippen molar-refractivity contribution < 1.29 is 23.5 Å². The van der Waals surface area contributed by atoms with Crippen LogP contribution >= 0.6 is 0 Å². The first-order chi connectivity index (χ1) is 12.0. The topological polar surface area (TPSA) is 88.6 Å². The molecule has 1 saturated heterocycles. The number of aromatic nitrogens is 1. The number of pyridine rings is 1. The molecule has 1 aromatic heterocycles. The molecule has 0 radical (unpaired) electrons. The summed E-state index contributed by atoms with van der Waals surface area (Å²) in [5, 5.41) is 2.47. The largest absolute Gasteiger partial charge is 0.425 e. The number of carbonyl (C=O) groups excluding carboxylic acids is 3. The zero-order valence-electron chi connectivity index (χ0n) is 13.2. The molecule has 7 nitrogen and oxygen atoms in total. The summed E-state index contributed by atoms with van der Waals surface area (Å²) in [7, 11) is 0. The number of hydrogen-bond donors (Lipinski definition) is 1. The molecule has 1 aliphatic heterocycles. The zero-order valence-corrected chi connectivity index (χ0v) is 13.2. The Kier molecular flexibility index (Phi) is 4.42. The molecule has 1 aliphatic rings. The van der Waals surface area contributed by atoms with Crippen LogP contribution in [-0.4, -0.2) is 33.9 Å². The first kappa shape index (κ1) is 16.6. The van der Waals surface area contributed by atoms with Gasteiger partial charge in [0.2, 0.25) is 0 Å². The summed E-state index contributed by atoms with van der Waals surface area (Å²) < 4.78 is 17.9. The van der Waals surface area contributed by atoms with Gasteiger partial charge in [-0.3, -0.25) is 14.6 Å². The second-order valence-corrected chi connectivity index (χ2v) is 5.43. The van der Waals surface area contributed by atoms with Crippen molar-refractivity contribution in [2.45, 2.75) is 19.1 Å². The fraction of sp³-hybridized carbons (Fsp3) is 0.176. The highest BCUT2D eigenvalue weighted by Crippen LogP contribution is 2.27. The van der Waals surface area contributed by atoms with Gasteiger partial charge in [0.15, 0.2) is 0 Å². The molecule has 2 atom stereocenters. The molecule has 0 saturated carbocycles. The monoisotopic (exact) mass is 343 g/mol. The van der Waals surface area contributed by atoms with Gasteiger partial charge in [-0.1, -0.05) is 12.1 Å². The van der Waals surface area contributed by atoms with Gasteiger partial charge < -0.3 is 10.1 Å². The number of hydrogen-bond acceptors (Lipinski definition) is 5. The average Bonchev–Trinajstić information content (AvgIpc) is 2.90.